The Labute approximate surface area is 106 Å². The zero-order valence-electron chi connectivity index (χ0n) is 10.3. The second-order valence-corrected chi connectivity index (χ2v) is 4.09. The third-order valence-corrected chi connectivity index (χ3v) is 2.79. The van der Waals surface area contributed by atoms with Crippen molar-refractivity contribution in [1.29, 1.82) is 0 Å². The average Bonchev–Trinajstić information content (AvgIpc) is 2.38. The van der Waals surface area contributed by atoms with Crippen molar-refractivity contribution < 1.29 is 14.6 Å². The van der Waals surface area contributed by atoms with Crippen LogP contribution in [0.1, 0.15) is 15.9 Å². The molecule has 0 saturated heterocycles. The standard InChI is InChI=1S/C15H14O3/c1-10-6-7-13(15(16)17)14(8-10)11-4-3-5-12(9-11)18-2/h3-9H,1-2H3,(H,16,17). The van der Waals surface area contributed by atoms with E-state index < -0.39 is 5.97 Å². The van der Waals surface area contributed by atoms with Gasteiger partial charge in [0.25, 0.3) is 0 Å². The molecule has 0 fully saturated rings. The van der Waals surface area contributed by atoms with Gasteiger partial charge in [-0.3, -0.25) is 0 Å². The number of aryl methyl sites for hydroxylation is 1. The van der Waals surface area contributed by atoms with Gasteiger partial charge in [-0.15, -0.1) is 0 Å². The molecule has 0 spiro atoms. The second kappa shape index (κ2) is 4.92. The van der Waals surface area contributed by atoms with E-state index in [0.717, 1.165) is 11.1 Å². The van der Waals surface area contributed by atoms with Gasteiger partial charge in [0.1, 0.15) is 5.75 Å². The van der Waals surface area contributed by atoms with Crippen molar-refractivity contribution in [3.63, 3.8) is 0 Å². The fourth-order valence-electron chi connectivity index (χ4n) is 1.87. The smallest absolute Gasteiger partial charge is 0.336 e. The molecule has 0 bridgehead atoms. The summed E-state index contributed by atoms with van der Waals surface area (Å²) in [7, 11) is 1.59. The summed E-state index contributed by atoms with van der Waals surface area (Å²) in [5.74, 6) is -0.210. The summed E-state index contributed by atoms with van der Waals surface area (Å²) in [6, 6.07) is 12.7. The van der Waals surface area contributed by atoms with Crippen LogP contribution in [0.4, 0.5) is 0 Å². The van der Waals surface area contributed by atoms with E-state index in [-0.39, 0.29) is 0 Å². The van der Waals surface area contributed by atoms with Gasteiger partial charge in [0.15, 0.2) is 0 Å². The van der Waals surface area contributed by atoms with Crippen LogP contribution in [-0.4, -0.2) is 18.2 Å². The molecular weight excluding hydrogens is 228 g/mol. The maximum Gasteiger partial charge on any atom is 0.336 e. The van der Waals surface area contributed by atoms with E-state index in [1.165, 1.54) is 0 Å². The van der Waals surface area contributed by atoms with Crippen molar-refractivity contribution in [2.45, 2.75) is 6.92 Å². The summed E-state index contributed by atoms with van der Waals surface area (Å²) in [5, 5.41) is 9.21. The highest BCUT2D eigenvalue weighted by Crippen LogP contribution is 2.28. The first-order valence-corrected chi connectivity index (χ1v) is 5.60. The van der Waals surface area contributed by atoms with Crippen LogP contribution in [0.3, 0.4) is 0 Å². The summed E-state index contributed by atoms with van der Waals surface area (Å²) >= 11 is 0. The Balaban J connectivity index is 2.61. The molecule has 0 unspecified atom stereocenters. The third kappa shape index (κ3) is 2.35. The molecule has 0 amide bonds. The Hall–Kier alpha value is -2.29. The van der Waals surface area contributed by atoms with Crippen LogP contribution in [0.5, 0.6) is 5.75 Å². The lowest BCUT2D eigenvalue weighted by atomic mass is 9.97. The largest absolute Gasteiger partial charge is 0.497 e. The molecule has 2 aromatic carbocycles. The highest BCUT2D eigenvalue weighted by molar-refractivity contribution is 5.96. The van der Waals surface area contributed by atoms with E-state index in [2.05, 4.69) is 0 Å². The molecular formula is C15H14O3. The van der Waals surface area contributed by atoms with Crippen molar-refractivity contribution in [1.82, 2.24) is 0 Å². The maximum absolute atomic E-state index is 11.2. The Morgan fingerprint density at radius 2 is 1.94 bits per heavy atom. The van der Waals surface area contributed by atoms with E-state index in [1.807, 2.05) is 37.3 Å². The van der Waals surface area contributed by atoms with Crippen LogP contribution in [0.25, 0.3) is 11.1 Å². The van der Waals surface area contributed by atoms with Gasteiger partial charge in [0.05, 0.1) is 12.7 Å². The van der Waals surface area contributed by atoms with Gasteiger partial charge < -0.3 is 9.84 Å². The minimum atomic E-state index is -0.923. The third-order valence-electron chi connectivity index (χ3n) is 2.79. The van der Waals surface area contributed by atoms with E-state index in [4.69, 9.17) is 4.74 Å². The molecule has 3 heteroatoms. The fraction of sp³-hybridized carbons (Fsp3) is 0.133. The minimum absolute atomic E-state index is 0.300. The number of ether oxygens (including phenoxy) is 1. The predicted molar refractivity (Wildman–Crippen MR) is 70.1 cm³/mol. The van der Waals surface area contributed by atoms with E-state index in [0.29, 0.717) is 16.9 Å². The number of hydrogen-bond acceptors (Lipinski definition) is 2. The zero-order chi connectivity index (χ0) is 13.1. The quantitative estimate of drug-likeness (QED) is 0.897. The Bertz CT molecular complexity index is 588. The van der Waals surface area contributed by atoms with Crippen LogP contribution < -0.4 is 4.74 Å². The van der Waals surface area contributed by atoms with E-state index in [1.54, 1.807) is 19.2 Å². The number of hydrogen-bond donors (Lipinski definition) is 1. The lowest BCUT2D eigenvalue weighted by molar-refractivity contribution is 0.0697. The van der Waals surface area contributed by atoms with Crippen molar-refractivity contribution in [3.8, 4) is 16.9 Å². The molecule has 3 nitrogen and oxygen atoms in total. The van der Waals surface area contributed by atoms with Gasteiger partial charge in [0, 0.05) is 0 Å². The topological polar surface area (TPSA) is 46.5 Å². The summed E-state index contributed by atoms with van der Waals surface area (Å²) in [6.45, 7) is 1.94. The zero-order valence-corrected chi connectivity index (χ0v) is 10.3. The van der Waals surface area contributed by atoms with Crippen molar-refractivity contribution >= 4 is 5.97 Å². The van der Waals surface area contributed by atoms with Gasteiger partial charge in [-0.05, 0) is 36.2 Å². The second-order valence-electron chi connectivity index (χ2n) is 4.09. The molecule has 0 aliphatic carbocycles. The Morgan fingerprint density at radius 1 is 1.17 bits per heavy atom. The number of benzene rings is 2. The van der Waals surface area contributed by atoms with Crippen LogP contribution in [-0.2, 0) is 0 Å². The molecule has 92 valence electrons. The lowest BCUT2D eigenvalue weighted by Gasteiger charge is -2.09. The predicted octanol–water partition coefficient (Wildman–Crippen LogP) is 3.37. The Morgan fingerprint density at radius 3 is 2.61 bits per heavy atom. The number of carbonyl (C=O) groups is 1. The number of carboxylic acid groups (broad SMARTS) is 1. The van der Waals surface area contributed by atoms with Gasteiger partial charge >= 0.3 is 5.97 Å². The molecule has 0 atom stereocenters. The summed E-state index contributed by atoms with van der Waals surface area (Å²) in [4.78, 5) is 11.2. The van der Waals surface area contributed by atoms with Crippen LogP contribution >= 0.6 is 0 Å². The van der Waals surface area contributed by atoms with Gasteiger partial charge in [-0.2, -0.15) is 0 Å². The number of aromatic carboxylic acids is 1. The molecule has 0 radical (unpaired) electrons. The molecule has 1 N–H and O–H groups in total. The molecule has 0 heterocycles. The Kier molecular flexibility index (Phi) is 3.33. The molecule has 2 aromatic rings. The van der Waals surface area contributed by atoms with Crippen LogP contribution in [0.15, 0.2) is 42.5 Å². The van der Waals surface area contributed by atoms with Crippen LogP contribution in [0, 0.1) is 6.92 Å². The molecule has 2 rings (SSSR count). The van der Waals surface area contributed by atoms with Crippen molar-refractivity contribution in [3.05, 3.63) is 53.6 Å². The molecule has 0 saturated carbocycles. The summed E-state index contributed by atoms with van der Waals surface area (Å²) < 4.78 is 5.16. The maximum atomic E-state index is 11.2. The summed E-state index contributed by atoms with van der Waals surface area (Å²) in [5.41, 5.74) is 2.88. The van der Waals surface area contributed by atoms with Gasteiger partial charge in [-0.1, -0.05) is 29.8 Å². The number of rotatable bonds is 3. The molecule has 18 heavy (non-hydrogen) atoms. The molecule has 0 aromatic heterocycles. The van der Waals surface area contributed by atoms with E-state index in [9.17, 15) is 9.90 Å². The van der Waals surface area contributed by atoms with Crippen molar-refractivity contribution in [2.24, 2.45) is 0 Å². The van der Waals surface area contributed by atoms with Crippen molar-refractivity contribution in [2.75, 3.05) is 7.11 Å². The molecule has 0 aliphatic rings. The monoisotopic (exact) mass is 242 g/mol. The lowest BCUT2D eigenvalue weighted by Crippen LogP contribution is -2.00. The first kappa shape index (κ1) is 12.2. The van der Waals surface area contributed by atoms with Gasteiger partial charge in [0.2, 0.25) is 0 Å². The number of carboxylic acids is 1. The number of methoxy groups -OCH3 is 1. The van der Waals surface area contributed by atoms with Gasteiger partial charge in [-0.25, -0.2) is 4.79 Å². The first-order valence-electron chi connectivity index (χ1n) is 5.60. The fourth-order valence-corrected chi connectivity index (χ4v) is 1.87. The molecule has 0 aliphatic heterocycles. The average molecular weight is 242 g/mol. The summed E-state index contributed by atoms with van der Waals surface area (Å²) in [6.07, 6.45) is 0. The van der Waals surface area contributed by atoms with E-state index >= 15 is 0 Å². The highest BCUT2D eigenvalue weighted by atomic mass is 16.5. The highest BCUT2D eigenvalue weighted by Gasteiger charge is 2.12. The van der Waals surface area contributed by atoms with Crippen LogP contribution in [0.2, 0.25) is 0 Å². The first-order chi connectivity index (χ1) is 8.61. The normalized spacial score (nSPS) is 10.1. The SMILES string of the molecule is COc1cccc(-c2cc(C)ccc2C(=O)O)c1. The minimum Gasteiger partial charge on any atom is -0.497 e.